The summed E-state index contributed by atoms with van der Waals surface area (Å²) in [7, 11) is 0. The predicted octanol–water partition coefficient (Wildman–Crippen LogP) is 5.54. The van der Waals surface area contributed by atoms with Gasteiger partial charge in [-0.05, 0) is 46.5 Å². The minimum absolute atomic E-state index is 0. The van der Waals surface area contributed by atoms with Gasteiger partial charge in [0.2, 0.25) is 0 Å². The van der Waals surface area contributed by atoms with Gasteiger partial charge in [0.15, 0.2) is 0 Å². The predicted molar refractivity (Wildman–Crippen MR) is 104 cm³/mol. The Balaban J connectivity index is -0.000000378. The van der Waals surface area contributed by atoms with Crippen LogP contribution in [0.15, 0.2) is 0 Å². The summed E-state index contributed by atoms with van der Waals surface area (Å²) in [5.74, 6) is 0.728. The molecule has 0 spiro atoms. The number of hydrogen-bond acceptors (Lipinski definition) is 4. The molecule has 0 saturated heterocycles. The summed E-state index contributed by atoms with van der Waals surface area (Å²) in [6.45, 7) is 15.0. The largest absolute Gasteiger partial charge is 0.463 e. The molecule has 153 valence electrons. The maximum absolute atomic E-state index is 11.2. The average Bonchev–Trinajstić information content (AvgIpc) is 2.96. The number of carbonyl (C=O) groups is 2. The van der Waals surface area contributed by atoms with Gasteiger partial charge in [-0.1, -0.05) is 26.2 Å². The summed E-state index contributed by atoms with van der Waals surface area (Å²) in [6, 6.07) is 0. The van der Waals surface area contributed by atoms with Crippen LogP contribution < -0.4 is 0 Å². The summed E-state index contributed by atoms with van der Waals surface area (Å²) in [5.41, 5.74) is 0. The first-order chi connectivity index (χ1) is 11.3. The quantitative estimate of drug-likeness (QED) is 0.363. The summed E-state index contributed by atoms with van der Waals surface area (Å²) in [4.78, 5) is 22.3. The SMILES string of the molecule is C.CC(C)OC(=O)CC1CCCC1.[CH2-]CC(C[CH2-])CC(=O)OC(C)C.[Y]. The van der Waals surface area contributed by atoms with Crippen molar-refractivity contribution in [3.63, 3.8) is 0 Å². The number of esters is 2. The molecule has 1 aliphatic carbocycles. The molecule has 1 saturated carbocycles. The number of carbonyl (C=O) groups excluding carboxylic acids is 2. The van der Waals surface area contributed by atoms with Crippen LogP contribution in [0.2, 0.25) is 0 Å². The standard InChI is InChI=1S/2C10H18O2.CH4.Y/c1-8(2)12-10(11)7-9-5-3-4-6-9;1-5-9(6-2)7-10(11)12-8(3)4;;/h8-9H,3-7H2,1-2H3;8-9H,1-2,5-7H2,3-4H3;1H4;/q;-2;;. The summed E-state index contributed by atoms with van der Waals surface area (Å²) >= 11 is 0. The fourth-order valence-corrected chi connectivity index (χ4v) is 2.66. The Morgan fingerprint density at radius 1 is 0.923 bits per heavy atom. The van der Waals surface area contributed by atoms with Crippen molar-refractivity contribution >= 4 is 11.9 Å². The van der Waals surface area contributed by atoms with E-state index in [2.05, 4.69) is 13.8 Å². The molecular formula is C21H40O4Y-2. The van der Waals surface area contributed by atoms with Gasteiger partial charge >= 0.3 is 11.9 Å². The average molecular weight is 445 g/mol. The molecule has 0 aromatic carbocycles. The molecule has 0 heterocycles. The molecule has 26 heavy (non-hydrogen) atoms. The second-order valence-electron chi connectivity index (χ2n) is 7.08. The van der Waals surface area contributed by atoms with Crippen LogP contribution in [0.4, 0.5) is 0 Å². The first kappa shape index (κ1) is 30.8. The Bertz CT molecular complexity index is 324. The number of hydrogen-bond donors (Lipinski definition) is 0. The van der Waals surface area contributed by atoms with E-state index >= 15 is 0 Å². The Kier molecular flexibility index (Phi) is 21.8. The Morgan fingerprint density at radius 3 is 1.73 bits per heavy atom. The van der Waals surface area contributed by atoms with Crippen LogP contribution in [0, 0.1) is 25.7 Å². The monoisotopic (exact) mass is 445 g/mol. The van der Waals surface area contributed by atoms with Crippen molar-refractivity contribution < 1.29 is 51.8 Å². The van der Waals surface area contributed by atoms with Crippen LogP contribution in [0.25, 0.3) is 0 Å². The van der Waals surface area contributed by atoms with E-state index in [4.69, 9.17) is 9.47 Å². The first-order valence-electron chi connectivity index (χ1n) is 9.25. The third-order valence-corrected chi connectivity index (χ3v) is 3.94. The van der Waals surface area contributed by atoms with E-state index in [1.165, 1.54) is 25.7 Å². The fraction of sp³-hybridized carbons (Fsp3) is 0.810. The van der Waals surface area contributed by atoms with Crippen molar-refractivity contribution in [3.8, 4) is 0 Å². The van der Waals surface area contributed by atoms with E-state index in [0.29, 0.717) is 18.8 Å². The van der Waals surface area contributed by atoms with Gasteiger partial charge in [-0.3, -0.25) is 9.59 Å². The van der Waals surface area contributed by atoms with E-state index < -0.39 is 0 Å². The van der Waals surface area contributed by atoms with Gasteiger partial charge < -0.3 is 23.3 Å². The van der Waals surface area contributed by atoms with E-state index in [0.717, 1.165) is 12.8 Å². The van der Waals surface area contributed by atoms with Gasteiger partial charge in [0.1, 0.15) is 0 Å². The van der Waals surface area contributed by atoms with E-state index in [9.17, 15) is 9.59 Å². The summed E-state index contributed by atoms with van der Waals surface area (Å²) in [6.07, 6.45) is 7.61. The van der Waals surface area contributed by atoms with Crippen molar-refractivity contribution in [2.24, 2.45) is 11.8 Å². The van der Waals surface area contributed by atoms with Crippen LogP contribution in [0.5, 0.6) is 0 Å². The third-order valence-electron chi connectivity index (χ3n) is 3.94. The van der Waals surface area contributed by atoms with Crippen molar-refractivity contribution in [2.45, 2.75) is 98.7 Å². The molecule has 0 aliphatic heterocycles. The van der Waals surface area contributed by atoms with E-state index in [1.807, 2.05) is 27.7 Å². The molecule has 5 heteroatoms. The van der Waals surface area contributed by atoms with Crippen LogP contribution in [0.3, 0.4) is 0 Å². The minimum Gasteiger partial charge on any atom is -0.463 e. The van der Waals surface area contributed by atoms with Crippen LogP contribution in [-0.4, -0.2) is 24.1 Å². The molecule has 0 atom stereocenters. The van der Waals surface area contributed by atoms with Crippen molar-refractivity contribution in [2.75, 3.05) is 0 Å². The molecule has 0 aromatic rings. The Morgan fingerprint density at radius 2 is 1.35 bits per heavy atom. The van der Waals surface area contributed by atoms with Gasteiger partial charge in [-0.2, -0.15) is 12.8 Å². The van der Waals surface area contributed by atoms with Gasteiger partial charge in [-0.15, -0.1) is 0 Å². The summed E-state index contributed by atoms with van der Waals surface area (Å²) in [5, 5.41) is 0. The Labute approximate surface area is 187 Å². The molecule has 1 rings (SSSR count). The van der Waals surface area contributed by atoms with Gasteiger partial charge in [-0.25, -0.2) is 0 Å². The van der Waals surface area contributed by atoms with Gasteiger partial charge in [0, 0.05) is 45.6 Å². The molecule has 0 amide bonds. The van der Waals surface area contributed by atoms with Crippen molar-refractivity contribution in [1.82, 2.24) is 0 Å². The van der Waals surface area contributed by atoms with Crippen LogP contribution >= 0.6 is 0 Å². The smallest absolute Gasteiger partial charge is 0.306 e. The molecule has 0 bridgehead atoms. The second kappa shape index (κ2) is 18.4. The molecule has 0 unspecified atom stereocenters. The number of ether oxygens (including phenoxy) is 2. The zero-order valence-corrected chi connectivity index (χ0v) is 19.4. The normalized spacial score (nSPS) is 13.6. The third kappa shape index (κ3) is 17.5. The number of rotatable bonds is 8. The molecule has 1 aliphatic rings. The van der Waals surface area contributed by atoms with E-state index in [1.54, 1.807) is 0 Å². The summed E-state index contributed by atoms with van der Waals surface area (Å²) < 4.78 is 10.1. The van der Waals surface area contributed by atoms with Crippen molar-refractivity contribution in [3.05, 3.63) is 13.8 Å². The van der Waals surface area contributed by atoms with Gasteiger partial charge in [0.05, 0.1) is 12.2 Å². The van der Waals surface area contributed by atoms with Crippen molar-refractivity contribution in [1.29, 1.82) is 0 Å². The molecule has 4 nitrogen and oxygen atoms in total. The fourth-order valence-electron chi connectivity index (χ4n) is 2.66. The first-order valence-corrected chi connectivity index (χ1v) is 9.25. The molecule has 1 radical (unpaired) electrons. The van der Waals surface area contributed by atoms with Crippen LogP contribution in [-0.2, 0) is 51.8 Å². The molecule has 0 N–H and O–H groups in total. The molecule has 0 aromatic heterocycles. The van der Waals surface area contributed by atoms with Crippen LogP contribution in [0.1, 0.15) is 86.5 Å². The van der Waals surface area contributed by atoms with Gasteiger partial charge in [0.25, 0.3) is 0 Å². The van der Waals surface area contributed by atoms with E-state index in [-0.39, 0.29) is 70.2 Å². The second-order valence-corrected chi connectivity index (χ2v) is 7.08. The molecule has 1 fully saturated rings. The zero-order chi connectivity index (χ0) is 18.5. The topological polar surface area (TPSA) is 52.6 Å². The molecular weight excluding hydrogens is 405 g/mol. The minimum atomic E-state index is -0.137. The maximum atomic E-state index is 11.2. The zero-order valence-electron chi connectivity index (χ0n) is 16.6. The Hall–Kier alpha value is 0.0439. The maximum Gasteiger partial charge on any atom is 0.306 e.